The number of benzene rings is 3. The molecule has 1 unspecified atom stereocenters. The second-order valence-electron chi connectivity index (χ2n) is 7.73. The lowest BCUT2D eigenvalue weighted by atomic mass is 10.0. The van der Waals surface area contributed by atoms with Crippen LogP contribution in [0.5, 0.6) is 5.75 Å². The summed E-state index contributed by atoms with van der Waals surface area (Å²) in [5, 5.41) is 7.38. The van der Waals surface area contributed by atoms with Crippen molar-refractivity contribution in [2.24, 2.45) is 5.10 Å². The van der Waals surface area contributed by atoms with Gasteiger partial charge in [-0.2, -0.15) is 5.10 Å². The van der Waals surface area contributed by atoms with Gasteiger partial charge in [-0.25, -0.2) is 17.5 Å². The molecule has 0 amide bonds. The molecule has 3 aromatic carbocycles. The van der Waals surface area contributed by atoms with Crippen molar-refractivity contribution in [2.45, 2.75) is 24.3 Å². The predicted octanol–water partition coefficient (Wildman–Crippen LogP) is 6.47. The van der Waals surface area contributed by atoms with Crippen LogP contribution in [0, 0.1) is 5.82 Å². The molecule has 11 heteroatoms. The van der Waals surface area contributed by atoms with Crippen LogP contribution < -0.4 is 14.5 Å². The summed E-state index contributed by atoms with van der Waals surface area (Å²) in [6.45, 7) is 2.34. The number of hydrogen-bond donors (Lipinski definition) is 1. The normalized spacial score (nSPS) is 15.9. The average molecular weight is 557 g/mol. The summed E-state index contributed by atoms with van der Waals surface area (Å²) in [5.74, 6) is -0.153. The Balaban J connectivity index is 1.62. The summed E-state index contributed by atoms with van der Waals surface area (Å²) in [4.78, 5) is -0.524. The van der Waals surface area contributed by atoms with E-state index in [1.807, 2.05) is 31.2 Å². The van der Waals surface area contributed by atoms with Crippen molar-refractivity contribution in [3.05, 3.63) is 87.1 Å². The van der Waals surface area contributed by atoms with Crippen LogP contribution in [0.3, 0.4) is 0 Å². The lowest BCUT2D eigenvalue weighted by Crippen LogP contribution is -2.29. The minimum atomic E-state index is -4.16. The molecule has 184 valence electrons. The van der Waals surface area contributed by atoms with E-state index in [9.17, 15) is 12.8 Å². The predicted molar refractivity (Wildman–Crippen MR) is 138 cm³/mol. The Morgan fingerprint density at radius 2 is 1.74 bits per heavy atom. The van der Waals surface area contributed by atoms with Gasteiger partial charge in [-0.3, -0.25) is 5.01 Å². The molecular weight excluding hydrogens is 536 g/mol. The molecule has 0 radical (unpaired) electrons. The minimum absolute atomic E-state index is 0.115. The standard InChI is InChI=1S/C24H21Cl3FN3O3S/c1-2-34-19-7-3-15(4-8-19)23-13-18(30-31(23)22-10-6-16(25)11-20(22)27)14-29-35(32,33)24-12-17(26)5-9-21(24)28/h3-12,23,29H,2,13-14H2,1H3. The summed E-state index contributed by atoms with van der Waals surface area (Å²) in [6.07, 6.45) is 0.410. The van der Waals surface area contributed by atoms with Gasteiger partial charge in [-0.05, 0) is 61.0 Å². The maximum absolute atomic E-state index is 14.1. The summed E-state index contributed by atoms with van der Waals surface area (Å²) in [7, 11) is -4.16. The van der Waals surface area contributed by atoms with Crippen molar-refractivity contribution in [3.63, 3.8) is 0 Å². The van der Waals surface area contributed by atoms with Gasteiger partial charge in [0.05, 0.1) is 35.6 Å². The molecule has 0 fully saturated rings. The van der Waals surface area contributed by atoms with Gasteiger partial charge in [0.2, 0.25) is 10.0 Å². The molecule has 6 nitrogen and oxygen atoms in total. The Morgan fingerprint density at radius 3 is 2.43 bits per heavy atom. The van der Waals surface area contributed by atoms with Crippen molar-refractivity contribution < 1.29 is 17.5 Å². The van der Waals surface area contributed by atoms with Crippen LogP contribution in [-0.2, 0) is 10.0 Å². The third kappa shape index (κ3) is 5.90. The van der Waals surface area contributed by atoms with Crippen molar-refractivity contribution in [3.8, 4) is 5.75 Å². The summed E-state index contributed by atoms with van der Waals surface area (Å²) < 4.78 is 47.6. The molecule has 1 atom stereocenters. The van der Waals surface area contributed by atoms with Gasteiger partial charge in [0, 0.05) is 16.5 Å². The second kappa shape index (κ2) is 10.7. The van der Waals surface area contributed by atoms with Crippen molar-refractivity contribution in [2.75, 3.05) is 18.2 Å². The SMILES string of the molecule is CCOc1ccc(C2CC(CNS(=O)(=O)c3cc(Cl)ccc3F)=NN2c2ccc(Cl)cc2Cl)cc1. The van der Waals surface area contributed by atoms with E-state index in [2.05, 4.69) is 9.82 Å². The summed E-state index contributed by atoms with van der Waals surface area (Å²) in [6, 6.07) is 15.8. The van der Waals surface area contributed by atoms with Gasteiger partial charge in [0.25, 0.3) is 0 Å². The van der Waals surface area contributed by atoms with Crippen molar-refractivity contribution >= 4 is 56.2 Å². The molecule has 4 rings (SSSR count). The molecule has 1 heterocycles. The van der Waals surface area contributed by atoms with Crippen LogP contribution in [0.2, 0.25) is 15.1 Å². The number of anilines is 1. The number of rotatable bonds is 8. The fourth-order valence-electron chi connectivity index (χ4n) is 3.72. The number of nitrogens with one attached hydrogen (secondary N) is 1. The monoisotopic (exact) mass is 555 g/mol. The van der Waals surface area contributed by atoms with Crippen LogP contribution in [0.4, 0.5) is 10.1 Å². The Bertz CT molecular complexity index is 1370. The average Bonchev–Trinajstić information content (AvgIpc) is 3.24. The summed E-state index contributed by atoms with van der Waals surface area (Å²) >= 11 is 18.4. The van der Waals surface area contributed by atoms with Gasteiger partial charge in [0.1, 0.15) is 16.5 Å². The van der Waals surface area contributed by atoms with Crippen LogP contribution in [0.15, 0.2) is 70.7 Å². The second-order valence-corrected chi connectivity index (χ2v) is 10.7. The third-order valence-corrected chi connectivity index (χ3v) is 7.54. The van der Waals surface area contributed by atoms with Crippen LogP contribution >= 0.6 is 34.8 Å². The van der Waals surface area contributed by atoms with E-state index in [1.54, 1.807) is 23.2 Å². The molecule has 0 bridgehead atoms. The number of nitrogens with zero attached hydrogens (tertiary/aromatic N) is 2. The van der Waals surface area contributed by atoms with E-state index < -0.39 is 20.7 Å². The fourth-order valence-corrected chi connectivity index (χ4v) is 5.57. The van der Waals surface area contributed by atoms with Gasteiger partial charge >= 0.3 is 0 Å². The lowest BCUT2D eigenvalue weighted by Gasteiger charge is -2.25. The number of ether oxygens (including phenoxy) is 1. The zero-order valence-electron chi connectivity index (χ0n) is 18.5. The molecular formula is C24H21Cl3FN3O3S. The quantitative estimate of drug-likeness (QED) is 0.345. The van der Waals surface area contributed by atoms with E-state index in [4.69, 9.17) is 39.5 Å². The molecule has 0 saturated heterocycles. The molecule has 1 aliphatic rings. The molecule has 1 aliphatic heterocycles. The molecule has 35 heavy (non-hydrogen) atoms. The summed E-state index contributed by atoms with van der Waals surface area (Å²) in [5.41, 5.74) is 2.09. The molecule has 0 spiro atoms. The lowest BCUT2D eigenvalue weighted by molar-refractivity contribution is 0.340. The van der Waals surface area contributed by atoms with E-state index >= 15 is 0 Å². The first-order valence-electron chi connectivity index (χ1n) is 10.7. The zero-order chi connectivity index (χ0) is 25.2. The van der Waals surface area contributed by atoms with E-state index in [0.29, 0.717) is 34.5 Å². The number of sulfonamides is 1. The van der Waals surface area contributed by atoms with E-state index in [0.717, 1.165) is 23.4 Å². The first kappa shape index (κ1) is 25.7. The van der Waals surface area contributed by atoms with E-state index in [1.165, 1.54) is 6.07 Å². The Morgan fingerprint density at radius 1 is 1.06 bits per heavy atom. The Labute approximate surface area is 218 Å². The highest BCUT2D eigenvalue weighted by Crippen LogP contribution is 2.40. The Hall–Kier alpha value is -2.36. The molecule has 0 aliphatic carbocycles. The largest absolute Gasteiger partial charge is 0.494 e. The first-order valence-corrected chi connectivity index (χ1v) is 13.3. The van der Waals surface area contributed by atoms with E-state index in [-0.39, 0.29) is 17.6 Å². The highest BCUT2D eigenvalue weighted by molar-refractivity contribution is 7.89. The van der Waals surface area contributed by atoms with Gasteiger partial charge < -0.3 is 4.74 Å². The number of halogens is 4. The van der Waals surface area contributed by atoms with Crippen molar-refractivity contribution in [1.82, 2.24) is 4.72 Å². The maximum atomic E-state index is 14.1. The van der Waals surface area contributed by atoms with Gasteiger partial charge in [0.15, 0.2) is 0 Å². The molecule has 1 N–H and O–H groups in total. The molecule has 0 aromatic heterocycles. The maximum Gasteiger partial charge on any atom is 0.243 e. The Kier molecular flexibility index (Phi) is 7.88. The van der Waals surface area contributed by atoms with Crippen molar-refractivity contribution in [1.29, 1.82) is 0 Å². The number of hydrogen-bond acceptors (Lipinski definition) is 5. The third-order valence-electron chi connectivity index (χ3n) is 5.35. The van der Waals surface area contributed by atoms with Gasteiger partial charge in [-0.15, -0.1) is 0 Å². The molecule has 3 aromatic rings. The smallest absolute Gasteiger partial charge is 0.243 e. The zero-order valence-corrected chi connectivity index (χ0v) is 21.6. The highest BCUT2D eigenvalue weighted by Gasteiger charge is 2.31. The highest BCUT2D eigenvalue weighted by atomic mass is 35.5. The van der Waals surface area contributed by atoms with Crippen LogP contribution in [-0.4, -0.2) is 27.3 Å². The topological polar surface area (TPSA) is 71.0 Å². The first-order chi connectivity index (χ1) is 16.7. The number of hydrazone groups is 1. The van der Waals surface area contributed by atoms with Crippen LogP contribution in [0.25, 0.3) is 0 Å². The fraction of sp³-hybridized carbons (Fsp3) is 0.208. The van der Waals surface area contributed by atoms with Gasteiger partial charge in [-0.1, -0.05) is 46.9 Å². The minimum Gasteiger partial charge on any atom is -0.494 e. The van der Waals surface area contributed by atoms with Crippen LogP contribution in [0.1, 0.15) is 24.9 Å². The molecule has 0 saturated carbocycles.